The molecule has 0 nitrogen and oxygen atoms in total. The van der Waals surface area contributed by atoms with Gasteiger partial charge < -0.3 is 0 Å². The molecule has 0 saturated heterocycles. The van der Waals surface area contributed by atoms with Gasteiger partial charge >= 0.3 is 5.92 Å². The highest BCUT2D eigenvalue weighted by atomic mass is 127. The summed E-state index contributed by atoms with van der Waals surface area (Å²) >= 11 is 1.75. The molecular weight excluding hydrogens is 273 g/mol. The van der Waals surface area contributed by atoms with E-state index in [0.29, 0.717) is 12.0 Å². The lowest BCUT2D eigenvalue weighted by Gasteiger charge is -1.97. The smallest absolute Gasteiger partial charge is 0.196 e. The van der Waals surface area contributed by atoms with Gasteiger partial charge in [0.1, 0.15) is 0 Å². The Hall–Kier alpha value is 0.330. The van der Waals surface area contributed by atoms with E-state index >= 15 is 0 Å². The summed E-state index contributed by atoms with van der Waals surface area (Å²) in [5.41, 5.74) is 0.388. The summed E-state index contributed by atoms with van der Waals surface area (Å²) in [6.45, 7) is 2.12. The Kier molecular flexibility index (Phi) is 3.49. The van der Waals surface area contributed by atoms with Crippen LogP contribution in [0.15, 0.2) is 9.15 Å². The Balaban J connectivity index is 2.10. The molecule has 0 fully saturated rings. The average Bonchev–Trinajstić information content (AvgIpc) is 2.47. The van der Waals surface area contributed by atoms with Crippen LogP contribution in [-0.4, -0.2) is 5.92 Å². The van der Waals surface area contributed by atoms with Crippen molar-refractivity contribution >= 4 is 22.6 Å². The van der Waals surface area contributed by atoms with Crippen LogP contribution >= 0.6 is 22.6 Å². The van der Waals surface area contributed by atoms with Gasteiger partial charge in [0.2, 0.25) is 0 Å². The molecule has 0 N–H and O–H groups in total. The van der Waals surface area contributed by atoms with Crippen molar-refractivity contribution in [2.24, 2.45) is 0 Å². The fourth-order valence-corrected chi connectivity index (χ4v) is 2.05. The van der Waals surface area contributed by atoms with Gasteiger partial charge in [0.25, 0.3) is 0 Å². The van der Waals surface area contributed by atoms with Crippen molar-refractivity contribution in [3.8, 4) is 0 Å². The predicted molar refractivity (Wildman–Crippen MR) is 54.8 cm³/mol. The molecule has 0 aromatic heterocycles. The number of allylic oxidation sites excluding steroid dienone is 2. The number of alkyl halides is 2. The van der Waals surface area contributed by atoms with Gasteiger partial charge in [-0.3, -0.25) is 0 Å². The largest absolute Gasteiger partial charge is 0.301 e. The molecule has 0 spiro atoms. The van der Waals surface area contributed by atoms with Crippen molar-refractivity contribution in [3.63, 3.8) is 0 Å². The highest BCUT2D eigenvalue weighted by Crippen LogP contribution is 2.55. The molecule has 0 heterocycles. The first kappa shape index (κ1) is 10.4. The molecule has 0 saturated carbocycles. The van der Waals surface area contributed by atoms with E-state index in [1.807, 2.05) is 0 Å². The molecule has 0 bridgehead atoms. The number of unbranched alkanes of at least 4 members (excludes halogenated alkanes) is 3. The van der Waals surface area contributed by atoms with Gasteiger partial charge in [0, 0.05) is 5.57 Å². The summed E-state index contributed by atoms with van der Waals surface area (Å²) in [7, 11) is 0. The molecule has 12 heavy (non-hydrogen) atoms. The van der Waals surface area contributed by atoms with E-state index < -0.39 is 5.92 Å². The van der Waals surface area contributed by atoms with Crippen molar-refractivity contribution in [1.29, 1.82) is 0 Å². The summed E-state index contributed by atoms with van der Waals surface area (Å²) in [5, 5.41) is 0. The molecule has 1 aliphatic rings. The maximum Gasteiger partial charge on any atom is 0.301 e. The molecule has 1 aliphatic carbocycles. The van der Waals surface area contributed by atoms with Crippen LogP contribution in [0.25, 0.3) is 0 Å². The quantitative estimate of drug-likeness (QED) is 0.522. The first-order valence-electron chi connectivity index (χ1n) is 4.38. The van der Waals surface area contributed by atoms with Crippen LogP contribution in [0.2, 0.25) is 0 Å². The second-order valence-corrected chi connectivity index (χ2v) is 4.26. The summed E-state index contributed by atoms with van der Waals surface area (Å²) in [6, 6.07) is 0. The van der Waals surface area contributed by atoms with E-state index in [4.69, 9.17) is 0 Å². The molecule has 0 aliphatic heterocycles. The number of rotatable bonds is 5. The summed E-state index contributed by atoms with van der Waals surface area (Å²) in [4.78, 5) is 0. The van der Waals surface area contributed by atoms with E-state index in [1.165, 1.54) is 0 Å². The number of hydrogen-bond acceptors (Lipinski definition) is 0. The molecule has 1 rings (SSSR count). The zero-order chi connectivity index (χ0) is 9.19. The van der Waals surface area contributed by atoms with Crippen LogP contribution in [-0.2, 0) is 0 Å². The highest BCUT2D eigenvalue weighted by molar-refractivity contribution is 14.1. The van der Waals surface area contributed by atoms with Gasteiger partial charge in [-0.25, -0.2) is 0 Å². The van der Waals surface area contributed by atoms with Crippen molar-refractivity contribution < 1.29 is 8.78 Å². The molecule has 0 unspecified atom stereocenters. The Morgan fingerprint density at radius 3 is 2.25 bits per heavy atom. The summed E-state index contributed by atoms with van der Waals surface area (Å²) in [6.07, 6.45) is 4.93. The summed E-state index contributed by atoms with van der Waals surface area (Å²) < 4.78 is 25.5. The first-order chi connectivity index (χ1) is 5.60. The topological polar surface area (TPSA) is 0 Å². The lowest BCUT2D eigenvalue weighted by atomic mass is 10.1. The molecule has 70 valence electrons. The maximum atomic E-state index is 12.6. The van der Waals surface area contributed by atoms with Crippen molar-refractivity contribution in [3.05, 3.63) is 9.15 Å². The van der Waals surface area contributed by atoms with Crippen molar-refractivity contribution in [2.75, 3.05) is 0 Å². The van der Waals surface area contributed by atoms with E-state index in [2.05, 4.69) is 6.92 Å². The van der Waals surface area contributed by atoms with Crippen LogP contribution in [0, 0.1) is 0 Å². The zero-order valence-electron chi connectivity index (χ0n) is 7.17. The Labute approximate surface area is 85.6 Å². The minimum absolute atomic E-state index is 0.289. The first-order valence-corrected chi connectivity index (χ1v) is 5.46. The molecule has 0 aromatic rings. The third-order valence-electron chi connectivity index (χ3n) is 2.14. The molecule has 3 heteroatoms. The normalized spacial score (nSPS) is 20.0. The predicted octanol–water partition coefficient (Wildman–Crippen LogP) is 4.29. The maximum absolute atomic E-state index is 12.6. The van der Waals surface area contributed by atoms with Gasteiger partial charge in [0.15, 0.2) is 0 Å². The van der Waals surface area contributed by atoms with Gasteiger partial charge in [-0.2, -0.15) is 8.78 Å². The standard InChI is InChI=1S/C9H13F2I/c1-2-3-4-5-6-7-8(12)9(7,10)11/h2-6H2,1H3. The Bertz CT molecular complexity index is 197. The average molecular weight is 286 g/mol. The van der Waals surface area contributed by atoms with Gasteiger partial charge in [-0.15, -0.1) is 0 Å². The van der Waals surface area contributed by atoms with Gasteiger partial charge in [0.05, 0.1) is 3.58 Å². The zero-order valence-corrected chi connectivity index (χ0v) is 9.33. The van der Waals surface area contributed by atoms with Crippen LogP contribution in [0.1, 0.15) is 39.0 Å². The fourth-order valence-electron chi connectivity index (χ4n) is 1.25. The number of halogens is 3. The van der Waals surface area contributed by atoms with E-state index in [9.17, 15) is 8.78 Å². The lowest BCUT2D eigenvalue weighted by Crippen LogP contribution is -1.95. The van der Waals surface area contributed by atoms with E-state index in [-0.39, 0.29) is 3.58 Å². The highest BCUT2D eigenvalue weighted by Gasteiger charge is 2.53. The third-order valence-corrected chi connectivity index (χ3v) is 3.47. The van der Waals surface area contributed by atoms with Crippen LogP contribution < -0.4 is 0 Å². The minimum atomic E-state index is -2.51. The van der Waals surface area contributed by atoms with Gasteiger partial charge in [-0.05, 0) is 35.4 Å². The second kappa shape index (κ2) is 4.03. The monoisotopic (exact) mass is 286 g/mol. The molecule has 0 aromatic carbocycles. The van der Waals surface area contributed by atoms with Crippen molar-refractivity contribution in [2.45, 2.75) is 45.0 Å². The summed E-state index contributed by atoms with van der Waals surface area (Å²) in [5.74, 6) is -2.51. The fraction of sp³-hybridized carbons (Fsp3) is 0.778. The molecule has 0 amide bonds. The van der Waals surface area contributed by atoms with Crippen LogP contribution in [0.4, 0.5) is 8.78 Å². The van der Waals surface area contributed by atoms with Crippen LogP contribution in [0.5, 0.6) is 0 Å². The molecule has 0 radical (unpaired) electrons. The van der Waals surface area contributed by atoms with Crippen LogP contribution in [0.3, 0.4) is 0 Å². The molecule has 0 atom stereocenters. The number of hydrogen-bond donors (Lipinski definition) is 0. The SMILES string of the molecule is CCCCCCC1=C(I)C1(F)F. The van der Waals surface area contributed by atoms with Gasteiger partial charge in [-0.1, -0.05) is 26.2 Å². The Morgan fingerprint density at radius 2 is 1.83 bits per heavy atom. The minimum Gasteiger partial charge on any atom is -0.196 e. The lowest BCUT2D eigenvalue weighted by molar-refractivity contribution is 0.138. The molecular formula is C9H13F2I. The third kappa shape index (κ3) is 2.18. The van der Waals surface area contributed by atoms with Crippen molar-refractivity contribution in [1.82, 2.24) is 0 Å². The second-order valence-electron chi connectivity index (χ2n) is 3.18. The van der Waals surface area contributed by atoms with E-state index in [0.717, 1.165) is 25.7 Å². The van der Waals surface area contributed by atoms with E-state index in [1.54, 1.807) is 22.6 Å². The Morgan fingerprint density at radius 1 is 1.25 bits per heavy atom.